The Bertz CT molecular complexity index is 1060. The first kappa shape index (κ1) is 17.3. The average molecular weight is 379 g/mol. The maximum atomic E-state index is 5.39. The minimum Gasteiger partial charge on any atom is -0.496 e. The number of hydrogen-bond donors (Lipinski definition) is 0. The Morgan fingerprint density at radius 2 is 1.93 bits per heavy atom. The third-order valence-electron chi connectivity index (χ3n) is 4.03. The number of benzene rings is 2. The van der Waals surface area contributed by atoms with Crippen molar-refractivity contribution in [2.45, 2.75) is 17.8 Å². The van der Waals surface area contributed by atoms with Crippen molar-refractivity contribution in [2.75, 3.05) is 7.11 Å². The summed E-state index contributed by atoms with van der Waals surface area (Å²) in [6.07, 6.45) is 1.71. The van der Waals surface area contributed by atoms with Crippen LogP contribution in [0.5, 0.6) is 5.75 Å². The summed E-state index contributed by atoms with van der Waals surface area (Å²) >= 11 is 1.49. The SMILES string of the molecule is COc1ccccc1-c1noc(CSc2nncn2-c2ccccc2C)n1. The molecule has 0 unspecified atom stereocenters. The molecule has 0 saturated heterocycles. The van der Waals surface area contributed by atoms with Gasteiger partial charge in [-0.25, -0.2) is 0 Å². The summed E-state index contributed by atoms with van der Waals surface area (Å²) in [6.45, 7) is 2.06. The van der Waals surface area contributed by atoms with Crippen LogP contribution in [0, 0.1) is 6.92 Å². The van der Waals surface area contributed by atoms with Crippen molar-refractivity contribution in [2.24, 2.45) is 0 Å². The molecule has 0 spiro atoms. The summed E-state index contributed by atoms with van der Waals surface area (Å²) in [5.41, 5.74) is 2.99. The maximum Gasteiger partial charge on any atom is 0.237 e. The van der Waals surface area contributed by atoms with Crippen molar-refractivity contribution in [3.8, 4) is 22.8 Å². The van der Waals surface area contributed by atoms with E-state index < -0.39 is 0 Å². The van der Waals surface area contributed by atoms with Crippen LogP contribution in [0.1, 0.15) is 11.5 Å². The quantitative estimate of drug-likeness (QED) is 0.470. The Kier molecular flexibility index (Phi) is 4.88. The fourth-order valence-corrected chi connectivity index (χ4v) is 3.46. The van der Waals surface area contributed by atoms with Crippen LogP contribution in [0.3, 0.4) is 0 Å². The predicted molar refractivity (Wildman–Crippen MR) is 102 cm³/mol. The molecule has 27 heavy (non-hydrogen) atoms. The Hall–Kier alpha value is -3.13. The molecule has 0 fully saturated rings. The van der Waals surface area contributed by atoms with E-state index in [9.17, 15) is 0 Å². The molecule has 0 radical (unpaired) electrons. The summed E-state index contributed by atoms with van der Waals surface area (Å²) in [6, 6.07) is 15.7. The molecule has 0 aliphatic rings. The zero-order chi connectivity index (χ0) is 18.6. The van der Waals surface area contributed by atoms with Gasteiger partial charge in [0, 0.05) is 0 Å². The first-order chi connectivity index (χ1) is 13.3. The monoisotopic (exact) mass is 379 g/mol. The minimum absolute atomic E-state index is 0.493. The van der Waals surface area contributed by atoms with Gasteiger partial charge in [-0.15, -0.1) is 10.2 Å². The van der Waals surface area contributed by atoms with E-state index in [2.05, 4.69) is 33.3 Å². The Labute approximate surface area is 160 Å². The second kappa shape index (κ2) is 7.63. The number of aryl methyl sites for hydroxylation is 1. The summed E-state index contributed by atoms with van der Waals surface area (Å²) in [4.78, 5) is 4.47. The van der Waals surface area contributed by atoms with Crippen LogP contribution >= 0.6 is 11.8 Å². The Morgan fingerprint density at radius 1 is 1.11 bits per heavy atom. The highest BCUT2D eigenvalue weighted by Crippen LogP contribution is 2.29. The van der Waals surface area contributed by atoms with Gasteiger partial charge in [0.05, 0.1) is 24.1 Å². The molecule has 0 saturated carbocycles. The number of rotatable bonds is 6. The maximum absolute atomic E-state index is 5.39. The van der Waals surface area contributed by atoms with E-state index in [0.29, 0.717) is 23.2 Å². The van der Waals surface area contributed by atoms with Gasteiger partial charge in [0.2, 0.25) is 11.7 Å². The largest absolute Gasteiger partial charge is 0.496 e. The minimum atomic E-state index is 0.493. The summed E-state index contributed by atoms with van der Waals surface area (Å²) in [5, 5.41) is 13.1. The average Bonchev–Trinajstić information content (AvgIpc) is 3.36. The zero-order valence-electron chi connectivity index (χ0n) is 14.9. The van der Waals surface area contributed by atoms with Crippen LogP contribution < -0.4 is 4.74 Å². The summed E-state index contributed by atoms with van der Waals surface area (Å²) < 4.78 is 12.7. The van der Waals surface area contributed by atoms with Gasteiger partial charge in [-0.1, -0.05) is 47.3 Å². The number of thioether (sulfide) groups is 1. The lowest BCUT2D eigenvalue weighted by Gasteiger charge is -2.08. The molecule has 8 heteroatoms. The van der Waals surface area contributed by atoms with Gasteiger partial charge in [0.1, 0.15) is 12.1 Å². The van der Waals surface area contributed by atoms with Crippen molar-refractivity contribution >= 4 is 11.8 Å². The molecular formula is C19H17N5O2S. The van der Waals surface area contributed by atoms with Crippen LogP contribution in [0.2, 0.25) is 0 Å². The zero-order valence-corrected chi connectivity index (χ0v) is 15.7. The summed E-state index contributed by atoms with van der Waals surface area (Å²) in [5.74, 6) is 2.22. The van der Waals surface area contributed by atoms with Crippen LogP contribution in [0.15, 0.2) is 64.5 Å². The normalized spacial score (nSPS) is 10.9. The van der Waals surface area contributed by atoms with E-state index in [1.807, 2.05) is 47.0 Å². The second-order valence-corrected chi connectivity index (χ2v) is 6.71. The Morgan fingerprint density at radius 3 is 2.78 bits per heavy atom. The van der Waals surface area contributed by atoms with Gasteiger partial charge in [0.25, 0.3) is 0 Å². The van der Waals surface area contributed by atoms with Gasteiger partial charge in [-0.05, 0) is 30.7 Å². The van der Waals surface area contributed by atoms with Gasteiger partial charge in [0.15, 0.2) is 5.16 Å². The lowest BCUT2D eigenvalue weighted by atomic mass is 10.2. The third-order valence-corrected chi connectivity index (χ3v) is 4.96. The molecule has 0 aliphatic carbocycles. The fraction of sp³-hybridized carbons (Fsp3) is 0.158. The molecule has 2 heterocycles. The van der Waals surface area contributed by atoms with Gasteiger partial charge >= 0.3 is 0 Å². The second-order valence-electron chi connectivity index (χ2n) is 5.77. The van der Waals surface area contributed by atoms with Gasteiger partial charge < -0.3 is 9.26 Å². The van der Waals surface area contributed by atoms with Crippen LogP contribution in [0.4, 0.5) is 0 Å². The van der Waals surface area contributed by atoms with E-state index in [1.54, 1.807) is 13.4 Å². The number of para-hydroxylation sites is 2. The molecule has 0 atom stereocenters. The highest BCUT2D eigenvalue weighted by Gasteiger charge is 2.15. The molecular weight excluding hydrogens is 362 g/mol. The van der Waals surface area contributed by atoms with Crippen molar-refractivity contribution < 1.29 is 9.26 Å². The van der Waals surface area contributed by atoms with E-state index in [4.69, 9.17) is 9.26 Å². The molecule has 7 nitrogen and oxygen atoms in total. The smallest absolute Gasteiger partial charge is 0.237 e. The van der Waals surface area contributed by atoms with E-state index in [0.717, 1.165) is 22.0 Å². The lowest BCUT2D eigenvalue weighted by molar-refractivity contribution is 0.390. The van der Waals surface area contributed by atoms with Gasteiger partial charge in [-0.2, -0.15) is 4.98 Å². The third kappa shape index (κ3) is 3.56. The number of aromatic nitrogens is 5. The first-order valence-electron chi connectivity index (χ1n) is 8.31. The molecule has 136 valence electrons. The molecule has 0 amide bonds. The van der Waals surface area contributed by atoms with Crippen LogP contribution in [-0.2, 0) is 5.75 Å². The first-order valence-corrected chi connectivity index (χ1v) is 9.29. The predicted octanol–water partition coefficient (Wildman–Crippen LogP) is 3.93. The Balaban J connectivity index is 1.52. The molecule has 0 aliphatic heterocycles. The number of nitrogens with zero attached hydrogens (tertiary/aromatic N) is 5. The topological polar surface area (TPSA) is 78.9 Å². The fourth-order valence-electron chi connectivity index (χ4n) is 2.70. The van der Waals surface area contributed by atoms with Crippen LogP contribution in [-0.4, -0.2) is 32.0 Å². The lowest BCUT2D eigenvalue weighted by Crippen LogP contribution is -1.97. The molecule has 2 aromatic heterocycles. The highest BCUT2D eigenvalue weighted by atomic mass is 32.2. The number of hydrogen-bond acceptors (Lipinski definition) is 7. The molecule has 4 aromatic rings. The molecule has 0 N–H and O–H groups in total. The number of methoxy groups -OCH3 is 1. The molecule has 0 bridgehead atoms. The van der Waals surface area contributed by atoms with Crippen molar-refractivity contribution in [3.05, 3.63) is 66.3 Å². The summed E-state index contributed by atoms with van der Waals surface area (Å²) in [7, 11) is 1.62. The number of ether oxygens (including phenoxy) is 1. The van der Waals surface area contributed by atoms with E-state index >= 15 is 0 Å². The van der Waals surface area contributed by atoms with Gasteiger partial charge in [-0.3, -0.25) is 4.57 Å². The van der Waals surface area contributed by atoms with Crippen LogP contribution in [0.25, 0.3) is 17.1 Å². The van der Waals surface area contributed by atoms with E-state index in [-0.39, 0.29) is 0 Å². The van der Waals surface area contributed by atoms with E-state index in [1.165, 1.54) is 11.8 Å². The van der Waals surface area contributed by atoms with Crippen molar-refractivity contribution in [1.82, 2.24) is 24.9 Å². The van der Waals surface area contributed by atoms with Crippen molar-refractivity contribution in [3.63, 3.8) is 0 Å². The highest BCUT2D eigenvalue weighted by molar-refractivity contribution is 7.98. The van der Waals surface area contributed by atoms with Crippen molar-refractivity contribution in [1.29, 1.82) is 0 Å². The molecule has 2 aromatic carbocycles. The molecule has 4 rings (SSSR count). The standard InChI is InChI=1S/C19H17N5O2S/c1-13-7-3-5-9-15(13)24-12-20-22-19(24)27-11-17-21-18(23-26-17)14-8-4-6-10-16(14)25-2/h3-10,12H,11H2,1-2H3.